The van der Waals surface area contributed by atoms with E-state index in [-0.39, 0.29) is 30.3 Å². The predicted molar refractivity (Wildman–Crippen MR) is 150 cm³/mol. The number of hydrogen-bond donors (Lipinski definition) is 2. The molecule has 0 aliphatic carbocycles. The topological polar surface area (TPSA) is 116 Å². The number of H-pyrrole nitrogens is 2. The molecule has 1 aliphatic heterocycles. The van der Waals surface area contributed by atoms with Crippen LogP contribution in [0.25, 0.3) is 38.6 Å². The number of carbonyl (C=O) groups excluding carboxylic acids is 2. The van der Waals surface area contributed by atoms with E-state index in [0.717, 1.165) is 33.3 Å². The third kappa shape index (κ3) is 4.53. The number of hydrogen-bond acceptors (Lipinski definition) is 5. The van der Waals surface area contributed by atoms with Crippen molar-refractivity contribution in [1.82, 2.24) is 39.7 Å². The number of nitrogens with one attached hydrogen (secondary N) is 2. The van der Waals surface area contributed by atoms with E-state index in [2.05, 4.69) is 25.3 Å². The largest absolute Gasteiger partial charge is 0.348 e. The summed E-state index contributed by atoms with van der Waals surface area (Å²) in [6.45, 7) is 3.28. The van der Waals surface area contributed by atoms with Crippen molar-refractivity contribution in [3.8, 4) is 11.1 Å². The van der Waals surface area contributed by atoms with Crippen LogP contribution in [0.4, 0.5) is 4.39 Å². The number of carbonyl (C=O) groups is 2. The highest BCUT2D eigenvalue weighted by Gasteiger charge is 2.25. The summed E-state index contributed by atoms with van der Waals surface area (Å²) >= 11 is 0. The molecule has 0 saturated carbocycles. The van der Waals surface area contributed by atoms with Gasteiger partial charge in [-0.1, -0.05) is 11.3 Å². The molecule has 2 amide bonds. The highest BCUT2D eigenvalue weighted by Crippen LogP contribution is 2.37. The van der Waals surface area contributed by atoms with Crippen molar-refractivity contribution >= 4 is 39.3 Å². The van der Waals surface area contributed by atoms with Gasteiger partial charge in [0.1, 0.15) is 11.3 Å². The summed E-state index contributed by atoms with van der Waals surface area (Å²) in [6, 6.07) is 5.54. The van der Waals surface area contributed by atoms with Crippen molar-refractivity contribution in [2.24, 2.45) is 0 Å². The van der Waals surface area contributed by atoms with Crippen molar-refractivity contribution in [3.05, 3.63) is 71.7 Å². The van der Waals surface area contributed by atoms with Crippen LogP contribution in [0.1, 0.15) is 34.5 Å². The fraction of sp³-hybridized carbons (Fsp3) is 0.276. The normalized spacial score (nSPS) is 13.7. The Hall–Kier alpha value is -4.80. The fourth-order valence-corrected chi connectivity index (χ4v) is 5.24. The maximum Gasteiger partial charge on any atom is 0.269 e. The number of fused-ring (bicyclic) bond motifs is 2. The Bertz CT molecular complexity index is 1780. The highest BCUT2D eigenvalue weighted by atomic mass is 19.1. The number of nitrogens with zero attached hydrogens (tertiary/aromatic N) is 6. The third-order valence-electron chi connectivity index (χ3n) is 7.41. The van der Waals surface area contributed by atoms with E-state index in [0.29, 0.717) is 36.2 Å². The van der Waals surface area contributed by atoms with Crippen LogP contribution in [0, 0.1) is 12.7 Å². The van der Waals surface area contributed by atoms with Gasteiger partial charge in [-0.05, 0) is 48.2 Å². The zero-order valence-electron chi connectivity index (χ0n) is 22.5. The van der Waals surface area contributed by atoms with E-state index in [1.165, 1.54) is 4.90 Å². The van der Waals surface area contributed by atoms with E-state index in [4.69, 9.17) is 0 Å². The Balaban J connectivity index is 1.42. The maximum absolute atomic E-state index is 16.2. The Labute approximate surface area is 229 Å². The lowest BCUT2D eigenvalue weighted by molar-refractivity contribution is -0.131. The molecule has 2 N–H and O–H groups in total. The number of aromatic amines is 2. The van der Waals surface area contributed by atoms with E-state index in [1.807, 2.05) is 31.3 Å². The molecular formula is C29H29FN8O2. The first kappa shape index (κ1) is 25.5. The van der Waals surface area contributed by atoms with E-state index >= 15 is 4.39 Å². The molecule has 10 nitrogen and oxygen atoms in total. The Morgan fingerprint density at radius 3 is 2.77 bits per heavy atom. The molecular weight excluding hydrogens is 511 g/mol. The summed E-state index contributed by atoms with van der Waals surface area (Å²) in [5, 5.41) is 9.26. The summed E-state index contributed by atoms with van der Waals surface area (Å²) in [5.74, 6) is -0.732. The van der Waals surface area contributed by atoms with Gasteiger partial charge in [-0.25, -0.2) is 9.37 Å². The van der Waals surface area contributed by atoms with Crippen molar-refractivity contribution in [2.45, 2.75) is 26.3 Å². The van der Waals surface area contributed by atoms with Gasteiger partial charge in [0.25, 0.3) is 5.91 Å². The van der Waals surface area contributed by atoms with Crippen LogP contribution in [0.5, 0.6) is 0 Å². The van der Waals surface area contributed by atoms with Crippen LogP contribution in [0.15, 0.2) is 49.1 Å². The van der Waals surface area contributed by atoms with Gasteiger partial charge in [-0.3, -0.25) is 14.3 Å². The second kappa shape index (κ2) is 10.1. The molecule has 1 aromatic carbocycles. The molecule has 204 valence electrons. The smallest absolute Gasteiger partial charge is 0.269 e. The Morgan fingerprint density at radius 2 is 2.00 bits per heavy atom. The Morgan fingerprint density at radius 1 is 1.15 bits per heavy atom. The Kier molecular flexibility index (Phi) is 6.41. The predicted octanol–water partition coefficient (Wildman–Crippen LogP) is 4.16. The first-order valence-corrected chi connectivity index (χ1v) is 13.1. The van der Waals surface area contributed by atoms with Gasteiger partial charge in [0, 0.05) is 74.1 Å². The summed E-state index contributed by atoms with van der Waals surface area (Å²) < 4.78 is 17.8. The van der Waals surface area contributed by atoms with Gasteiger partial charge >= 0.3 is 0 Å². The lowest BCUT2D eigenvalue weighted by Gasteiger charge is -2.28. The molecule has 5 heterocycles. The highest BCUT2D eigenvalue weighted by molar-refractivity contribution is 6.05. The SMILES string of the molecule is Cc1c[nH]c2ncc(-c3cc(C4=CCCN(C(=O)CCn5ccnn5)C4)c(F)c4[nH]c(C(=O)N(C)C)cc34)cc12. The average molecular weight is 541 g/mol. The molecule has 0 radical (unpaired) electrons. The zero-order chi connectivity index (χ0) is 28.0. The van der Waals surface area contributed by atoms with Crippen LogP contribution in [0.3, 0.4) is 0 Å². The minimum absolute atomic E-state index is 0.0286. The summed E-state index contributed by atoms with van der Waals surface area (Å²) in [6.07, 6.45) is 9.82. The van der Waals surface area contributed by atoms with E-state index < -0.39 is 5.82 Å². The molecule has 0 unspecified atom stereocenters. The molecule has 4 aromatic heterocycles. The quantitative estimate of drug-likeness (QED) is 0.336. The van der Waals surface area contributed by atoms with Crippen LogP contribution < -0.4 is 0 Å². The summed E-state index contributed by atoms with van der Waals surface area (Å²) in [4.78, 5) is 39.8. The van der Waals surface area contributed by atoms with Gasteiger partial charge in [-0.15, -0.1) is 5.10 Å². The zero-order valence-corrected chi connectivity index (χ0v) is 22.5. The van der Waals surface area contributed by atoms with Gasteiger partial charge < -0.3 is 19.8 Å². The third-order valence-corrected chi connectivity index (χ3v) is 7.41. The van der Waals surface area contributed by atoms with Crippen molar-refractivity contribution in [3.63, 3.8) is 0 Å². The molecule has 5 aromatic rings. The lowest BCUT2D eigenvalue weighted by atomic mass is 9.93. The van der Waals surface area contributed by atoms with Crippen molar-refractivity contribution < 1.29 is 14.0 Å². The van der Waals surface area contributed by atoms with Crippen LogP contribution in [0.2, 0.25) is 0 Å². The second-order valence-corrected chi connectivity index (χ2v) is 10.3. The van der Waals surface area contributed by atoms with Crippen LogP contribution in [-0.2, 0) is 11.3 Å². The number of amides is 2. The second-order valence-electron chi connectivity index (χ2n) is 10.3. The number of aromatic nitrogens is 6. The van der Waals surface area contributed by atoms with Gasteiger partial charge in [0.15, 0.2) is 5.82 Å². The molecule has 0 atom stereocenters. The van der Waals surface area contributed by atoms with Gasteiger partial charge in [0.2, 0.25) is 5.91 Å². The van der Waals surface area contributed by atoms with E-state index in [9.17, 15) is 9.59 Å². The molecule has 11 heteroatoms. The van der Waals surface area contributed by atoms with E-state index in [1.54, 1.807) is 48.3 Å². The van der Waals surface area contributed by atoms with Gasteiger partial charge in [0.05, 0.1) is 18.3 Å². The molecule has 0 spiro atoms. The first-order valence-electron chi connectivity index (χ1n) is 13.1. The lowest BCUT2D eigenvalue weighted by Crippen LogP contribution is -2.36. The standard InChI is InChI=1S/C29H29FN8O2/c1-17-14-31-28-20(17)11-19(15-32-28)21-12-22(26(30)27-23(21)13-24(34-27)29(40)36(2)3)18-5-4-8-37(16-18)25(39)6-9-38-10-7-33-35-38/h5,7,10-15,34H,4,6,8-9,16H2,1-3H3,(H,31,32). The molecule has 0 fully saturated rings. The maximum atomic E-state index is 16.2. The van der Waals surface area contributed by atoms with Crippen molar-refractivity contribution in [2.75, 3.05) is 27.2 Å². The molecule has 0 bridgehead atoms. The van der Waals surface area contributed by atoms with Crippen molar-refractivity contribution in [1.29, 1.82) is 0 Å². The number of halogens is 1. The van der Waals surface area contributed by atoms with Crippen LogP contribution in [-0.4, -0.2) is 78.7 Å². The summed E-state index contributed by atoms with van der Waals surface area (Å²) in [7, 11) is 3.31. The molecule has 40 heavy (non-hydrogen) atoms. The number of benzene rings is 1. The number of pyridine rings is 1. The molecule has 6 rings (SSSR count). The summed E-state index contributed by atoms with van der Waals surface area (Å²) in [5.41, 5.74) is 5.05. The minimum atomic E-state index is -0.452. The number of rotatable bonds is 6. The average Bonchev–Trinajstić information content (AvgIpc) is 3.72. The minimum Gasteiger partial charge on any atom is -0.348 e. The molecule has 1 aliphatic rings. The van der Waals surface area contributed by atoms with Crippen LogP contribution >= 0.6 is 0 Å². The first-order chi connectivity index (χ1) is 19.3. The number of aryl methyl sites for hydroxylation is 2. The fourth-order valence-electron chi connectivity index (χ4n) is 5.24. The molecule has 0 saturated heterocycles. The monoisotopic (exact) mass is 540 g/mol. The van der Waals surface area contributed by atoms with Gasteiger partial charge in [-0.2, -0.15) is 0 Å².